The van der Waals surface area contributed by atoms with Crippen LogP contribution < -0.4 is 0 Å². The van der Waals surface area contributed by atoms with Gasteiger partial charge in [0.25, 0.3) is 0 Å². The quantitative estimate of drug-likeness (QED) is 0.185. The molecule has 0 spiro atoms. The van der Waals surface area contributed by atoms with E-state index in [2.05, 4.69) is 114 Å². The maximum Gasteiger partial charge on any atom is 0.164 e. The van der Waals surface area contributed by atoms with Gasteiger partial charge < -0.3 is 0 Å². The molecule has 0 bridgehead atoms. The third kappa shape index (κ3) is 7.95. The van der Waals surface area contributed by atoms with Crippen molar-refractivity contribution < 1.29 is 0 Å². The lowest BCUT2D eigenvalue weighted by molar-refractivity contribution is 0.590. The molecule has 1 heterocycles. The van der Waals surface area contributed by atoms with Crippen molar-refractivity contribution in [3.05, 3.63) is 161 Å². The zero-order chi connectivity index (χ0) is 33.7. The summed E-state index contributed by atoms with van der Waals surface area (Å²) in [4.78, 5) is 14.7. The van der Waals surface area contributed by atoms with Crippen LogP contribution >= 0.6 is 0 Å². The Bertz CT molecular complexity index is 2000. The second-order valence-electron chi connectivity index (χ2n) is 14.0. The van der Waals surface area contributed by atoms with E-state index in [4.69, 9.17) is 15.0 Å². The Morgan fingerprint density at radius 1 is 0.333 bits per heavy atom. The summed E-state index contributed by atoms with van der Waals surface area (Å²) in [5, 5.41) is 0. The van der Waals surface area contributed by atoms with Crippen LogP contribution in [-0.2, 0) is 10.8 Å². The predicted octanol–water partition coefficient (Wildman–Crippen LogP) is 10.3. The molecule has 3 nitrogen and oxygen atoms in total. The lowest BCUT2D eigenvalue weighted by Crippen LogP contribution is -2.10. The monoisotopic (exact) mass is 621 g/mol. The summed E-state index contributed by atoms with van der Waals surface area (Å²) in [5.41, 5.74) is 9.41. The summed E-state index contributed by atoms with van der Waals surface area (Å²) >= 11 is 0. The minimum atomic E-state index is 0.120. The fourth-order valence-corrected chi connectivity index (χ4v) is 5.15. The second-order valence-corrected chi connectivity index (χ2v) is 14.0. The molecule has 0 amide bonds. The molecule has 3 heteroatoms. The first-order valence-electron chi connectivity index (χ1n) is 16.3. The van der Waals surface area contributed by atoms with Gasteiger partial charge in [0.2, 0.25) is 0 Å². The van der Waals surface area contributed by atoms with Crippen molar-refractivity contribution in [2.24, 2.45) is 0 Å². The van der Waals surface area contributed by atoms with Gasteiger partial charge in [-0.2, -0.15) is 0 Å². The van der Waals surface area contributed by atoms with Crippen molar-refractivity contribution in [3.8, 4) is 57.8 Å². The fraction of sp³-hybridized carbons (Fsp3) is 0.178. The maximum absolute atomic E-state index is 4.91. The van der Waals surface area contributed by atoms with Crippen LogP contribution in [0.15, 0.2) is 127 Å². The van der Waals surface area contributed by atoms with E-state index in [0.717, 1.165) is 38.9 Å². The summed E-state index contributed by atoms with van der Waals surface area (Å²) in [6, 6.07) is 43.1. The van der Waals surface area contributed by atoms with Crippen molar-refractivity contribution >= 4 is 0 Å². The number of hydrogen-bond donors (Lipinski definition) is 0. The SMILES string of the molecule is CC(C)(C)c1ccc(C#Cc2ccc(-c3nc(-c4ccccc4)nc(-c4ccc(C#Cc5ccc(C(C)(C)C)cc5)cc4)n3)cc2)cc1. The maximum atomic E-state index is 4.91. The molecule has 0 saturated carbocycles. The minimum Gasteiger partial charge on any atom is -0.208 e. The van der Waals surface area contributed by atoms with E-state index in [1.165, 1.54) is 11.1 Å². The molecule has 0 aliphatic rings. The molecule has 0 radical (unpaired) electrons. The number of aromatic nitrogens is 3. The van der Waals surface area contributed by atoms with Gasteiger partial charge in [-0.25, -0.2) is 15.0 Å². The first-order valence-corrected chi connectivity index (χ1v) is 16.3. The van der Waals surface area contributed by atoms with Crippen LogP contribution in [-0.4, -0.2) is 15.0 Å². The summed E-state index contributed by atoms with van der Waals surface area (Å²) < 4.78 is 0. The van der Waals surface area contributed by atoms with Gasteiger partial charge >= 0.3 is 0 Å². The van der Waals surface area contributed by atoms with Gasteiger partial charge in [0.15, 0.2) is 17.5 Å². The Kier molecular flexibility index (Phi) is 9.07. The van der Waals surface area contributed by atoms with Crippen molar-refractivity contribution in [1.29, 1.82) is 0 Å². The van der Waals surface area contributed by atoms with Crippen LogP contribution in [0.25, 0.3) is 34.2 Å². The molecule has 6 rings (SSSR count). The summed E-state index contributed by atoms with van der Waals surface area (Å²) in [6.07, 6.45) is 0. The molecule has 5 aromatic carbocycles. The molecule has 1 aromatic heterocycles. The third-order valence-corrected chi connectivity index (χ3v) is 8.16. The van der Waals surface area contributed by atoms with Crippen molar-refractivity contribution in [3.63, 3.8) is 0 Å². The van der Waals surface area contributed by atoms with E-state index in [0.29, 0.717) is 17.5 Å². The van der Waals surface area contributed by atoms with Gasteiger partial charge in [-0.1, -0.05) is 120 Å². The van der Waals surface area contributed by atoms with Gasteiger partial charge in [0, 0.05) is 38.9 Å². The normalized spacial score (nSPS) is 11.2. The minimum absolute atomic E-state index is 0.120. The zero-order valence-electron chi connectivity index (χ0n) is 28.5. The lowest BCUT2D eigenvalue weighted by atomic mass is 9.87. The van der Waals surface area contributed by atoms with E-state index in [1.807, 2.05) is 78.9 Å². The topological polar surface area (TPSA) is 38.7 Å². The molecule has 6 aromatic rings. The number of benzene rings is 5. The molecule has 234 valence electrons. The average Bonchev–Trinajstić information content (AvgIpc) is 3.10. The Morgan fingerprint density at radius 3 is 0.896 bits per heavy atom. The highest BCUT2D eigenvalue weighted by Crippen LogP contribution is 2.26. The van der Waals surface area contributed by atoms with E-state index < -0.39 is 0 Å². The highest BCUT2D eigenvalue weighted by Gasteiger charge is 2.14. The largest absolute Gasteiger partial charge is 0.208 e. The first-order chi connectivity index (χ1) is 23.0. The molecule has 0 aliphatic heterocycles. The molecule has 0 N–H and O–H groups in total. The molecule has 0 aliphatic carbocycles. The van der Waals surface area contributed by atoms with Crippen LogP contribution in [0.4, 0.5) is 0 Å². The van der Waals surface area contributed by atoms with Crippen LogP contribution in [0.5, 0.6) is 0 Å². The molecule has 0 fully saturated rings. The molecular formula is C45H39N3. The molecular weight excluding hydrogens is 583 g/mol. The Hall–Kier alpha value is -5.77. The standard InChI is InChI=1S/C45H39N3/c1-44(2,3)39-28-20-34(21-29-39)14-12-32-16-24-37(25-17-32)42-46-41(36-10-8-7-9-11-36)47-43(48-42)38-26-18-33(19-27-38)13-15-35-22-30-40(31-23-35)45(4,5)6/h7-11,16-31H,1-6H3. The molecule has 48 heavy (non-hydrogen) atoms. The van der Waals surface area contributed by atoms with E-state index in [9.17, 15) is 0 Å². The Morgan fingerprint density at radius 2 is 0.604 bits per heavy atom. The van der Waals surface area contributed by atoms with Crippen LogP contribution in [0.1, 0.15) is 74.9 Å². The van der Waals surface area contributed by atoms with Gasteiger partial charge in [-0.15, -0.1) is 0 Å². The van der Waals surface area contributed by atoms with E-state index in [-0.39, 0.29) is 10.8 Å². The van der Waals surface area contributed by atoms with Gasteiger partial charge in [0.05, 0.1) is 0 Å². The van der Waals surface area contributed by atoms with E-state index in [1.54, 1.807) is 0 Å². The number of nitrogens with zero attached hydrogens (tertiary/aromatic N) is 3. The van der Waals surface area contributed by atoms with Crippen molar-refractivity contribution in [2.45, 2.75) is 52.4 Å². The van der Waals surface area contributed by atoms with Gasteiger partial charge in [-0.05, 0) is 94.8 Å². The smallest absolute Gasteiger partial charge is 0.164 e. The zero-order valence-corrected chi connectivity index (χ0v) is 28.5. The van der Waals surface area contributed by atoms with Gasteiger partial charge in [-0.3, -0.25) is 0 Å². The highest BCUT2D eigenvalue weighted by atomic mass is 15.0. The molecule has 0 saturated heterocycles. The summed E-state index contributed by atoms with van der Waals surface area (Å²) in [5.74, 6) is 15.0. The predicted molar refractivity (Wildman–Crippen MR) is 198 cm³/mol. The Labute approximate surface area is 285 Å². The Balaban J connectivity index is 1.26. The van der Waals surface area contributed by atoms with Crippen LogP contribution in [0.2, 0.25) is 0 Å². The molecule has 0 atom stereocenters. The average molecular weight is 622 g/mol. The highest BCUT2D eigenvalue weighted by molar-refractivity contribution is 5.67. The van der Waals surface area contributed by atoms with Crippen molar-refractivity contribution in [1.82, 2.24) is 15.0 Å². The first kappa shape index (κ1) is 32.2. The second kappa shape index (κ2) is 13.5. The summed E-state index contributed by atoms with van der Waals surface area (Å²) in [6.45, 7) is 13.3. The molecule has 0 unspecified atom stereocenters. The fourth-order valence-electron chi connectivity index (χ4n) is 5.15. The van der Waals surface area contributed by atoms with Crippen LogP contribution in [0.3, 0.4) is 0 Å². The van der Waals surface area contributed by atoms with E-state index >= 15 is 0 Å². The third-order valence-electron chi connectivity index (χ3n) is 8.16. The summed E-state index contributed by atoms with van der Waals surface area (Å²) in [7, 11) is 0. The van der Waals surface area contributed by atoms with Crippen LogP contribution in [0, 0.1) is 23.7 Å². The number of hydrogen-bond acceptors (Lipinski definition) is 3. The lowest BCUT2D eigenvalue weighted by Gasteiger charge is -2.18. The van der Waals surface area contributed by atoms with Gasteiger partial charge in [0.1, 0.15) is 0 Å². The van der Waals surface area contributed by atoms with Crippen molar-refractivity contribution in [2.75, 3.05) is 0 Å². The number of rotatable bonds is 3.